The first-order valence-corrected chi connectivity index (χ1v) is 12.3. The van der Waals surface area contributed by atoms with Crippen molar-refractivity contribution in [3.63, 3.8) is 0 Å². The van der Waals surface area contributed by atoms with Crippen LogP contribution in [0.3, 0.4) is 0 Å². The van der Waals surface area contributed by atoms with Gasteiger partial charge in [0.2, 0.25) is 10.0 Å². The van der Waals surface area contributed by atoms with E-state index in [2.05, 4.69) is 5.32 Å². The third kappa shape index (κ3) is 6.34. The second kappa shape index (κ2) is 10.8. The van der Waals surface area contributed by atoms with E-state index in [4.69, 9.17) is 9.47 Å². The van der Waals surface area contributed by atoms with Crippen molar-refractivity contribution in [2.75, 3.05) is 32.1 Å². The van der Waals surface area contributed by atoms with Gasteiger partial charge < -0.3 is 14.8 Å². The molecule has 1 saturated heterocycles. The van der Waals surface area contributed by atoms with Crippen LogP contribution in [-0.4, -0.2) is 56.3 Å². The van der Waals surface area contributed by atoms with Crippen LogP contribution in [0.25, 0.3) is 0 Å². The van der Waals surface area contributed by atoms with E-state index in [1.54, 1.807) is 0 Å². The van der Waals surface area contributed by atoms with Crippen molar-refractivity contribution in [1.29, 1.82) is 0 Å². The Bertz CT molecular complexity index is 1200. The number of ether oxygens (including phenoxy) is 2. The van der Waals surface area contributed by atoms with Crippen molar-refractivity contribution in [3.05, 3.63) is 58.1 Å². The summed E-state index contributed by atoms with van der Waals surface area (Å²) in [6, 6.07) is 9.02. The molecule has 1 aliphatic heterocycles. The number of esters is 1. The number of nitro groups is 1. The van der Waals surface area contributed by atoms with E-state index in [-0.39, 0.29) is 39.4 Å². The fraction of sp³-hybridized carbons (Fsp3) is 0.391. The third-order valence-electron chi connectivity index (χ3n) is 5.57. The monoisotopic (exact) mass is 505 g/mol. The molecule has 1 N–H and O–H groups in total. The molecule has 0 saturated carbocycles. The number of hydrogen-bond donors (Lipinski definition) is 1. The van der Waals surface area contributed by atoms with Crippen LogP contribution in [0.2, 0.25) is 0 Å². The Morgan fingerprint density at radius 1 is 1.11 bits per heavy atom. The molecule has 1 heterocycles. The predicted molar refractivity (Wildman–Crippen MR) is 127 cm³/mol. The average Bonchev–Trinajstić information content (AvgIpc) is 2.82. The Balaban J connectivity index is 1.60. The number of sulfonamides is 1. The summed E-state index contributed by atoms with van der Waals surface area (Å²) in [5, 5.41) is 13.3. The zero-order chi connectivity index (χ0) is 25.8. The average molecular weight is 506 g/mol. The first-order valence-electron chi connectivity index (χ1n) is 10.9. The van der Waals surface area contributed by atoms with Crippen LogP contribution in [-0.2, 0) is 19.6 Å². The highest BCUT2D eigenvalue weighted by Gasteiger charge is 2.31. The van der Waals surface area contributed by atoms with E-state index in [0.29, 0.717) is 13.1 Å². The molecule has 1 amide bonds. The fourth-order valence-electron chi connectivity index (χ4n) is 4.01. The molecule has 2 atom stereocenters. The number of carbonyl (C=O) groups is 2. The van der Waals surface area contributed by atoms with Crippen LogP contribution < -0.4 is 10.1 Å². The van der Waals surface area contributed by atoms with E-state index in [1.165, 1.54) is 47.8 Å². The van der Waals surface area contributed by atoms with E-state index in [1.807, 2.05) is 13.8 Å². The van der Waals surface area contributed by atoms with Gasteiger partial charge in [-0.05, 0) is 48.6 Å². The Hall–Kier alpha value is -3.51. The molecule has 12 heteroatoms. The zero-order valence-electron chi connectivity index (χ0n) is 19.6. The van der Waals surface area contributed by atoms with Crippen molar-refractivity contribution in [1.82, 2.24) is 4.31 Å². The van der Waals surface area contributed by atoms with Gasteiger partial charge >= 0.3 is 5.97 Å². The highest BCUT2D eigenvalue weighted by Crippen LogP contribution is 2.29. The molecule has 2 aromatic rings. The van der Waals surface area contributed by atoms with Crippen molar-refractivity contribution in [3.8, 4) is 5.75 Å². The summed E-state index contributed by atoms with van der Waals surface area (Å²) in [5.41, 5.74) is 0.0566. The maximum absolute atomic E-state index is 13.0. The number of carbonyl (C=O) groups excluding carboxylic acids is 2. The van der Waals surface area contributed by atoms with Gasteiger partial charge in [0.1, 0.15) is 5.75 Å². The Morgan fingerprint density at radius 3 is 2.31 bits per heavy atom. The largest absolute Gasteiger partial charge is 0.494 e. The van der Waals surface area contributed by atoms with Crippen LogP contribution in [0.1, 0.15) is 30.6 Å². The highest BCUT2D eigenvalue weighted by molar-refractivity contribution is 7.89. The molecule has 1 aliphatic rings. The molecular formula is C23H27N3O8S. The number of amides is 1. The van der Waals surface area contributed by atoms with E-state index >= 15 is 0 Å². The Kier molecular flexibility index (Phi) is 8.07. The fourth-order valence-corrected chi connectivity index (χ4v) is 5.69. The van der Waals surface area contributed by atoms with E-state index in [0.717, 1.165) is 12.5 Å². The number of methoxy groups -OCH3 is 1. The summed E-state index contributed by atoms with van der Waals surface area (Å²) in [7, 11) is -2.39. The van der Waals surface area contributed by atoms with Gasteiger partial charge in [0.15, 0.2) is 6.61 Å². The lowest BCUT2D eigenvalue weighted by molar-refractivity contribution is -0.384. The molecule has 188 valence electrons. The molecule has 0 bridgehead atoms. The van der Waals surface area contributed by atoms with Gasteiger partial charge in [-0.1, -0.05) is 13.8 Å². The molecule has 0 aliphatic carbocycles. The normalized spacial score (nSPS) is 18.5. The molecule has 0 radical (unpaired) electrons. The summed E-state index contributed by atoms with van der Waals surface area (Å²) in [6.07, 6.45) is 0.974. The second-order valence-corrected chi connectivity index (χ2v) is 10.5. The molecule has 11 nitrogen and oxygen atoms in total. The number of nitrogens with zero attached hydrogens (tertiary/aromatic N) is 2. The van der Waals surface area contributed by atoms with Crippen molar-refractivity contribution in [2.45, 2.75) is 25.2 Å². The molecule has 35 heavy (non-hydrogen) atoms. The molecular weight excluding hydrogens is 478 g/mol. The van der Waals surface area contributed by atoms with Crippen LogP contribution in [0.5, 0.6) is 5.75 Å². The van der Waals surface area contributed by atoms with Gasteiger partial charge in [0.05, 0.1) is 34.2 Å². The van der Waals surface area contributed by atoms with Crippen molar-refractivity contribution >= 4 is 33.3 Å². The number of anilines is 1. The van der Waals surface area contributed by atoms with Crippen LogP contribution in [0, 0.1) is 22.0 Å². The summed E-state index contributed by atoms with van der Waals surface area (Å²) in [6.45, 7) is 4.31. The summed E-state index contributed by atoms with van der Waals surface area (Å²) in [4.78, 5) is 34.9. The summed E-state index contributed by atoms with van der Waals surface area (Å²) < 4.78 is 37.5. The van der Waals surface area contributed by atoms with Crippen molar-refractivity contribution in [2.24, 2.45) is 11.8 Å². The van der Waals surface area contributed by atoms with Gasteiger partial charge in [0, 0.05) is 19.2 Å². The van der Waals surface area contributed by atoms with Gasteiger partial charge in [-0.15, -0.1) is 0 Å². The number of benzene rings is 2. The van der Waals surface area contributed by atoms with Gasteiger partial charge in [0.25, 0.3) is 11.6 Å². The smallest absolute Gasteiger partial charge is 0.338 e. The zero-order valence-corrected chi connectivity index (χ0v) is 20.4. The Labute approximate surface area is 203 Å². The van der Waals surface area contributed by atoms with Gasteiger partial charge in [-0.25, -0.2) is 13.2 Å². The number of nitro benzene ring substituents is 1. The lowest BCUT2D eigenvalue weighted by Crippen LogP contribution is -2.42. The molecule has 3 rings (SSSR count). The Morgan fingerprint density at radius 2 is 1.74 bits per heavy atom. The minimum Gasteiger partial charge on any atom is -0.494 e. The second-order valence-electron chi connectivity index (χ2n) is 8.56. The first kappa shape index (κ1) is 26.1. The standard InChI is InChI=1S/C23H27N3O8S/c1-15-10-16(2)13-25(12-15)35(31,32)19-7-4-17(5-8-19)23(28)34-14-22(27)24-20-9-6-18(26(29)30)11-21(20)33-3/h4-9,11,15-16H,10,12-14H2,1-3H3,(H,24,27)/t15-,16-/m1/s1. The lowest BCUT2D eigenvalue weighted by atomic mass is 9.94. The number of nitrogens with one attached hydrogen (secondary N) is 1. The number of hydrogen-bond acceptors (Lipinski definition) is 8. The maximum atomic E-state index is 13.0. The van der Waals surface area contributed by atoms with Crippen molar-refractivity contribution < 1.29 is 32.4 Å². The maximum Gasteiger partial charge on any atom is 0.338 e. The van der Waals surface area contributed by atoms with E-state index < -0.39 is 33.4 Å². The SMILES string of the molecule is COc1cc([N+](=O)[O-])ccc1NC(=O)COC(=O)c1ccc(S(=O)(=O)N2C[C@H](C)C[C@@H](C)C2)cc1. The molecule has 0 spiro atoms. The number of rotatable bonds is 8. The minimum absolute atomic E-state index is 0.0770. The van der Waals surface area contributed by atoms with E-state index in [9.17, 15) is 28.1 Å². The first-order chi connectivity index (χ1) is 16.5. The van der Waals surface area contributed by atoms with Gasteiger partial charge in [-0.3, -0.25) is 14.9 Å². The van der Waals surface area contributed by atoms with Crippen LogP contribution >= 0.6 is 0 Å². The highest BCUT2D eigenvalue weighted by atomic mass is 32.2. The lowest BCUT2D eigenvalue weighted by Gasteiger charge is -2.34. The van der Waals surface area contributed by atoms with Crippen LogP contribution in [0.15, 0.2) is 47.4 Å². The molecule has 2 aromatic carbocycles. The molecule has 1 fully saturated rings. The number of piperidine rings is 1. The minimum atomic E-state index is -3.68. The van der Waals surface area contributed by atoms with Crippen LogP contribution in [0.4, 0.5) is 11.4 Å². The predicted octanol–water partition coefficient (Wildman–Crippen LogP) is 3.07. The molecule has 0 unspecified atom stereocenters. The number of non-ortho nitro benzene ring substituents is 1. The quantitative estimate of drug-likeness (QED) is 0.327. The molecule has 0 aromatic heterocycles. The van der Waals surface area contributed by atoms with Gasteiger partial charge in [-0.2, -0.15) is 4.31 Å². The third-order valence-corrected chi connectivity index (χ3v) is 7.41. The summed E-state index contributed by atoms with van der Waals surface area (Å²) >= 11 is 0. The topological polar surface area (TPSA) is 145 Å². The summed E-state index contributed by atoms with van der Waals surface area (Å²) in [5.74, 6) is -0.883.